The van der Waals surface area contributed by atoms with Crippen molar-refractivity contribution in [3.63, 3.8) is 0 Å². The quantitative estimate of drug-likeness (QED) is 0.937. The van der Waals surface area contributed by atoms with Crippen LogP contribution in [0.5, 0.6) is 0 Å². The van der Waals surface area contributed by atoms with Crippen LogP contribution >= 0.6 is 0 Å². The van der Waals surface area contributed by atoms with Crippen LogP contribution in [0.3, 0.4) is 0 Å². The van der Waals surface area contributed by atoms with E-state index in [9.17, 15) is 4.79 Å². The number of nitrogens with zero attached hydrogens (tertiary/aromatic N) is 1. The molecule has 0 spiro atoms. The lowest BCUT2D eigenvalue weighted by Crippen LogP contribution is -2.35. The zero-order valence-electron chi connectivity index (χ0n) is 12.8. The van der Waals surface area contributed by atoms with Crippen LogP contribution in [0.2, 0.25) is 0 Å². The highest BCUT2D eigenvalue weighted by Gasteiger charge is 2.19. The third-order valence-corrected chi connectivity index (χ3v) is 3.62. The van der Waals surface area contributed by atoms with Gasteiger partial charge < -0.3 is 10.6 Å². The molecule has 2 aromatic rings. The Balaban J connectivity index is 2.04. The van der Waals surface area contributed by atoms with Gasteiger partial charge in [-0.15, -0.1) is 0 Å². The first kappa shape index (κ1) is 15.3. The normalized spacial score (nSPS) is 12.0. The first-order chi connectivity index (χ1) is 9.97. The molecule has 1 amide bonds. The number of carbonyl (C=O) groups is 1. The van der Waals surface area contributed by atoms with Crippen LogP contribution in [0.1, 0.15) is 28.3 Å². The van der Waals surface area contributed by atoms with E-state index in [1.165, 1.54) is 5.56 Å². The standard InChI is InChI=1S/C18H22N2O/c1-13-4-8-15(9-5-13)12-20(3)18(21)17(19)16-10-6-14(2)7-11-16/h4-11,17H,12,19H2,1-3H3. The molecule has 0 aliphatic heterocycles. The summed E-state index contributed by atoms with van der Waals surface area (Å²) >= 11 is 0. The van der Waals surface area contributed by atoms with Crippen molar-refractivity contribution in [1.29, 1.82) is 0 Å². The van der Waals surface area contributed by atoms with Crippen molar-refractivity contribution in [2.75, 3.05) is 7.05 Å². The van der Waals surface area contributed by atoms with Crippen LogP contribution < -0.4 is 5.73 Å². The molecule has 1 unspecified atom stereocenters. The minimum absolute atomic E-state index is 0.0700. The second kappa shape index (κ2) is 6.55. The maximum absolute atomic E-state index is 12.4. The Kier molecular flexibility index (Phi) is 4.76. The van der Waals surface area contributed by atoms with Crippen molar-refractivity contribution >= 4 is 5.91 Å². The van der Waals surface area contributed by atoms with E-state index in [1.807, 2.05) is 62.4 Å². The van der Waals surface area contributed by atoms with Gasteiger partial charge in [0.05, 0.1) is 0 Å². The molecule has 3 heteroatoms. The Labute approximate surface area is 126 Å². The number of benzene rings is 2. The second-order valence-corrected chi connectivity index (χ2v) is 5.57. The summed E-state index contributed by atoms with van der Waals surface area (Å²) in [4.78, 5) is 14.1. The first-order valence-corrected chi connectivity index (χ1v) is 7.10. The lowest BCUT2D eigenvalue weighted by molar-refractivity contribution is -0.131. The van der Waals surface area contributed by atoms with Crippen LogP contribution in [0.15, 0.2) is 48.5 Å². The number of carbonyl (C=O) groups excluding carboxylic acids is 1. The van der Waals surface area contributed by atoms with Gasteiger partial charge >= 0.3 is 0 Å². The molecule has 2 aromatic carbocycles. The van der Waals surface area contributed by atoms with E-state index < -0.39 is 6.04 Å². The predicted octanol–water partition coefficient (Wildman–Crippen LogP) is 2.96. The van der Waals surface area contributed by atoms with Crippen LogP contribution in [0, 0.1) is 13.8 Å². The fraction of sp³-hybridized carbons (Fsp3) is 0.278. The molecule has 2 rings (SSSR count). The maximum Gasteiger partial charge on any atom is 0.244 e. The zero-order chi connectivity index (χ0) is 15.4. The summed E-state index contributed by atoms with van der Waals surface area (Å²) in [5.74, 6) is -0.0700. The Bertz CT molecular complexity index is 602. The molecule has 110 valence electrons. The van der Waals surface area contributed by atoms with Gasteiger partial charge in [0.25, 0.3) is 0 Å². The van der Waals surface area contributed by atoms with Gasteiger partial charge in [0.1, 0.15) is 6.04 Å². The summed E-state index contributed by atoms with van der Waals surface area (Å²) in [6.07, 6.45) is 0. The minimum Gasteiger partial charge on any atom is -0.340 e. The molecule has 0 aromatic heterocycles. The van der Waals surface area contributed by atoms with Crippen molar-refractivity contribution in [2.45, 2.75) is 26.4 Å². The number of amides is 1. The van der Waals surface area contributed by atoms with E-state index in [0.717, 1.165) is 16.7 Å². The highest BCUT2D eigenvalue weighted by Crippen LogP contribution is 2.15. The molecule has 0 bridgehead atoms. The average molecular weight is 282 g/mol. The third kappa shape index (κ3) is 3.92. The number of nitrogens with two attached hydrogens (primary N) is 1. The van der Waals surface area contributed by atoms with Gasteiger partial charge in [-0.25, -0.2) is 0 Å². The van der Waals surface area contributed by atoms with Gasteiger partial charge in [0, 0.05) is 13.6 Å². The third-order valence-electron chi connectivity index (χ3n) is 3.62. The number of rotatable bonds is 4. The van der Waals surface area contributed by atoms with Gasteiger partial charge in [-0.3, -0.25) is 4.79 Å². The van der Waals surface area contributed by atoms with Gasteiger partial charge in [-0.05, 0) is 25.0 Å². The Morgan fingerprint density at radius 2 is 1.48 bits per heavy atom. The molecule has 0 saturated heterocycles. The topological polar surface area (TPSA) is 46.3 Å². The summed E-state index contributed by atoms with van der Waals surface area (Å²) in [6.45, 7) is 4.63. The Hall–Kier alpha value is -2.13. The number of likely N-dealkylation sites (N-methyl/N-ethyl adjacent to an activating group) is 1. The highest BCUT2D eigenvalue weighted by atomic mass is 16.2. The smallest absolute Gasteiger partial charge is 0.244 e. The molecule has 0 saturated carbocycles. The van der Waals surface area contributed by atoms with Crippen LogP contribution in [0.4, 0.5) is 0 Å². The summed E-state index contributed by atoms with van der Waals surface area (Å²) in [5, 5.41) is 0. The number of aryl methyl sites for hydroxylation is 2. The molecule has 0 fully saturated rings. The molecular formula is C18H22N2O. The fourth-order valence-electron chi connectivity index (χ4n) is 2.20. The van der Waals surface area contributed by atoms with E-state index in [0.29, 0.717) is 6.54 Å². The maximum atomic E-state index is 12.4. The van der Waals surface area contributed by atoms with Crippen molar-refractivity contribution < 1.29 is 4.79 Å². The molecule has 0 radical (unpaired) electrons. The Morgan fingerprint density at radius 3 is 2.00 bits per heavy atom. The van der Waals surface area contributed by atoms with Crippen LogP contribution in [-0.4, -0.2) is 17.9 Å². The van der Waals surface area contributed by atoms with E-state index >= 15 is 0 Å². The van der Waals surface area contributed by atoms with Crippen LogP contribution in [-0.2, 0) is 11.3 Å². The Morgan fingerprint density at radius 1 is 1.00 bits per heavy atom. The summed E-state index contributed by atoms with van der Waals surface area (Å²) < 4.78 is 0. The summed E-state index contributed by atoms with van der Waals surface area (Å²) in [6, 6.07) is 15.3. The largest absolute Gasteiger partial charge is 0.340 e. The second-order valence-electron chi connectivity index (χ2n) is 5.57. The van der Waals surface area contributed by atoms with Gasteiger partial charge in [0.2, 0.25) is 5.91 Å². The molecule has 0 aliphatic carbocycles. The molecule has 0 aliphatic rings. The summed E-state index contributed by atoms with van der Waals surface area (Å²) in [7, 11) is 1.79. The van der Waals surface area contributed by atoms with Gasteiger partial charge in [-0.1, -0.05) is 59.7 Å². The molecule has 1 atom stereocenters. The summed E-state index contributed by atoms with van der Waals surface area (Å²) in [5.41, 5.74) is 10.4. The fourth-order valence-corrected chi connectivity index (χ4v) is 2.20. The lowest BCUT2D eigenvalue weighted by Gasteiger charge is -2.22. The SMILES string of the molecule is Cc1ccc(CN(C)C(=O)C(N)c2ccc(C)cc2)cc1. The van der Waals surface area contributed by atoms with E-state index in [2.05, 4.69) is 0 Å². The monoisotopic (exact) mass is 282 g/mol. The zero-order valence-corrected chi connectivity index (χ0v) is 12.8. The van der Waals surface area contributed by atoms with Crippen LogP contribution in [0.25, 0.3) is 0 Å². The van der Waals surface area contributed by atoms with Crippen molar-refractivity contribution in [2.24, 2.45) is 5.73 Å². The molecular weight excluding hydrogens is 260 g/mol. The molecule has 3 nitrogen and oxygen atoms in total. The molecule has 2 N–H and O–H groups in total. The van der Waals surface area contributed by atoms with E-state index in [4.69, 9.17) is 5.73 Å². The number of hydrogen-bond acceptors (Lipinski definition) is 2. The van der Waals surface area contributed by atoms with E-state index in [1.54, 1.807) is 11.9 Å². The van der Waals surface area contributed by atoms with Crippen molar-refractivity contribution in [1.82, 2.24) is 4.90 Å². The van der Waals surface area contributed by atoms with Crippen molar-refractivity contribution in [3.8, 4) is 0 Å². The van der Waals surface area contributed by atoms with Gasteiger partial charge in [-0.2, -0.15) is 0 Å². The average Bonchev–Trinajstić information content (AvgIpc) is 2.49. The van der Waals surface area contributed by atoms with E-state index in [-0.39, 0.29) is 5.91 Å². The van der Waals surface area contributed by atoms with Gasteiger partial charge in [0.15, 0.2) is 0 Å². The first-order valence-electron chi connectivity index (χ1n) is 7.10. The highest BCUT2D eigenvalue weighted by molar-refractivity contribution is 5.82. The lowest BCUT2D eigenvalue weighted by atomic mass is 10.0. The molecule has 0 heterocycles. The number of hydrogen-bond donors (Lipinski definition) is 1. The predicted molar refractivity (Wildman–Crippen MR) is 85.8 cm³/mol. The minimum atomic E-state index is -0.610. The molecule has 21 heavy (non-hydrogen) atoms. The van der Waals surface area contributed by atoms with Crippen molar-refractivity contribution in [3.05, 3.63) is 70.8 Å².